The largest absolute Gasteiger partial charge is 0.369 e. The first kappa shape index (κ1) is 16.3. The molecule has 1 aliphatic heterocycles. The van der Waals surface area contributed by atoms with E-state index in [1.54, 1.807) is 0 Å². The number of benzene rings is 1. The van der Waals surface area contributed by atoms with E-state index in [1.807, 2.05) is 0 Å². The first-order valence-electron chi connectivity index (χ1n) is 7.60. The highest BCUT2D eigenvalue weighted by molar-refractivity contribution is 7.90. The molecule has 1 heterocycles. The van der Waals surface area contributed by atoms with Crippen LogP contribution in [0.15, 0.2) is 24.3 Å². The Morgan fingerprint density at radius 1 is 1.05 bits per heavy atom. The molecule has 0 radical (unpaired) electrons. The van der Waals surface area contributed by atoms with Crippen LogP contribution >= 0.6 is 0 Å². The van der Waals surface area contributed by atoms with Crippen LogP contribution in [0.5, 0.6) is 0 Å². The zero-order valence-corrected chi connectivity index (χ0v) is 14.1. The van der Waals surface area contributed by atoms with Gasteiger partial charge in [-0.3, -0.25) is 4.90 Å². The van der Waals surface area contributed by atoms with E-state index in [0.29, 0.717) is 12.5 Å². The van der Waals surface area contributed by atoms with E-state index < -0.39 is 9.84 Å². The Hall–Kier alpha value is -1.07. The van der Waals surface area contributed by atoms with Crippen molar-refractivity contribution >= 4 is 15.5 Å². The Morgan fingerprint density at radius 3 is 2.10 bits per heavy atom. The lowest BCUT2D eigenvalue weighted by Gasteiger charge is -2.36. The highest BCUT2D eigenvalue weighted by Crippen LogP contribution is 2.21. The van der Waals surface area contributed by atoms with Gasteiger partial charge in [0.1, 0.15) is 9.84 Å². The molecule has 0 bridgehead atoms. The summed E-state index contributed by atoms with van der Waals surface area (Å²) in [6.07, 6.45) is 1.31. The van der Waals surface area contributed by atoms with Crippen molar-refractivity contribution in [2.75, 3.05) is 49.6 Å². The predicted molar refractivity (Wildman–Crippen MR) is 88.9 cm³/mol. The quantitative estimate of drug-likeness (QED) is 0.834. The van der Waals surface area contributed by atoms with Crippen molar-refractivity contribution in [1.82, 2.24) is 4.90 Å². The third kappa shape index (κ3) is 5.00. The van der Waals surface area contributed by atoms with Crippen LogP contribution in [0.25, 0.3) is 0 Å². The van der Waals surface area contributed by atoms with E-state index in [2.05, 4.69) is 47.9 Å². The molecule has 0 unspecified atom stereocenters. The number of piperazine rings is 1. The molecule has 1 aliphatic rings. The molecule has 1 aromatic rings. The number of nitrogens with zero attached hydrogens (tertiary/aromatic N) is 2. The van der Waals surface area contributed by atoms with Gasteiger partial charge in [-0.05, 0) is 23.6 Å². The normalized spacial score (nSPS) is 17.4. The van der Waals surface area contributed by atoms with Gasteiger partial charge in [0.05, 0.1) is 5.75 Å². The molecule has 0 saturated carbocycles. The first-order valence-corrected chi connectivity index (χ1v) is 9.66. The fourth-order valence-electron chi connectivity index (χ4n) is 2.59. The minimum absolute atomic E-state index is 0.260. The summed E-state index contributed by atoms with van der Waals surface area (Å²) >= 11 is 0. The predicted octanol–water partition coefficient (Wildman–Crippen LogP) is 1.98. The van der Waals surface area contributed by atoms with Crippen molar-refractivity contribution in [3.63, 3.8) is 0 Å². The number of anilines is 1. The molecule has 0 aromatic heterocycles. The molecule has 2 rings (SSSR count). The second-order valence-electron chi connectivity index (χ2n) is 6.20. The van der Waals surface area contributed by atoms with E-state index >= 15 is 0 Å². The number of rotatable bonds is 5. The van der Waals surface area contributed by atoms with Gasteiger partial charge < -0.3 is 4.90 Å². The summed E-state index contributed by atoms with van der Waals surface area (Å²) in [6.45, 7) is 8.85. The summed E-state index contributed by atoms with van der Waals surface area (Å²) in [5, 5.41) is 0. The maximum Gasteiger partial charge on any atom is 0.148 e. The maximum atomic E-state index is 11.2. The van der Waals surface area contributed by atoms with Crippen molar-refractivity contribution in [1.29, 1.82) is 0 Å². The molecule has 4 nitrogen and oxygen atoms in total. The summed E-state index contributed by atoms with van der Waals surface area (Å²) in [6, 6.07) is 8.80. The van der Waals surface area contributed by atoms with Gasteiger partial charge in [-0.15, -0.1) is 0 Å². The number of hydrogen-bond acceptors (Lipinski definition) is 4. The van der Waals surface area contributed by atoms with Crippen molar-refractivity contribution in [2.45, 2.75) is 19.8 Å². The molecule has 0 aliphatic carbocycles. The summed E-state index contributed by atoms with van der Waals surface area (Å²) in [4.78, 5) is 4.61. The molecule has 0 atom stereocenters. The Balaban J connectivity index is 1.86. The summed E-state index contributed by atoms with van der Waals surface area (Å²) in [7, 11) is -2.86. The van der Waals surface area contributed by atoms with Crippen LogP contribution in [0.3, 0.4) is 0 Å². The minimum atomic E-state index is -2.86. The van der Waals surface area contributed by atoms with Crippen LogP contribution in [-0.2, 0) is 9.84 Å². The van der Waals surface area contributed by atoms with E-state index in [1.165, 1.54) is 17.5 Å². The summed E-state index contributed by atoms with van der Waals surface area (Å²) in [5.41, 5.74) is 2.63. The van der Waals surface area contributed by atoms with Gasteiger partial charge in [0.25, 0.3) is 0 Å². The summed E-state index contributed by atoms with van der Waals surface area (Å²) in [5.74, 6) is 0.822. The van der Waals surface area contributed by atoms with Crippen molar-refractivity contribution in [3.05, 3.63) is 29.8 Å². The van der Waals surface area contributed by atoms with E-state index in [9.17, 15) is 8.42 Å². The molecular weight excluding hydrogens is 284 g/mol. The molecule has 21 heavy (non-hydrogen) atoms. The standard InChI is InChI=1S/C16H26N2O2S/c1-14(2)15-4-6-16(7-5-15)18-10-8-17(9-11-18)12-13-21(3,19)20/h4-7,14H,8-13H2,1-3H3. The van der Waals surface area contributed by atoms with Gasteiger partial charge in [0.15, 0.2) is 0 Å². The van der Waals surface area contributed by atoms with Gasteiger partial charge in [-0.2, -0.15) is 0 Å². The maximum absolute atomic E-state index is 11.2. The lowest BCUT2D eigenvalue weighted by Crippen LogP contribution is -2.47. The molecule has 0 amide bonds. The third-order valence-electron chi connectivity index (χ3n) is 4.08. The van der Waals surface area contributed by atoms with Gasteiger partial charge in [0, 0.05) is 44.7 Å². The Morgan fingerprint density at radius 2 is 1.62 bits per heavy atom. The van der Waals surface area contributed by atoms with Crippen LogP contribution in [0, 0.1) is 0 Å². The topological polar surface area (TPSA) is 40.6 Å². The zero-order chi connectivity index (χ0) is 15.5. The van der Waals surface area contributed by atoms with Gasteiger partial charge in [-0.25, -0.2) is 8.42 Å². The molecule has 1 aromatic carbocycles. The molecule has 1 saturated heterocycles. The van der Waals surface area contributed by atoms with Crippen LogP contribution < -0.4 is 4.90 Å². The molecule has 0 N–H and O–H groups in total. The van der Waals surface area contributed by atoms with Crippen LogP contribution in [-0.4, -0.2) is 58.1 Å². The van der Waals surface area contributed by atoms with Crippen molar-refractivity contribution in [3.8, 4) is 0 Å². The van der Waals surface area contributed by atoms with E-state index in [0.717, 1.165) is 26.2 Å². The average molecular weight is 310 g/mol. The lowest BCUT2D eigenvalue weighted by molar-refractivity contribution is 0.272. The molecule has 5 heteroatoms. The fraction of sp³-hybridized carbons (Fsp3) is 0.625. The van der Waals surface area contributed by atoms with Gasteiger partial charge in [-0.1, -0.05) is 26.0 Å². The van der Waals surface area contributed by atoms with Crippen LogP contribution in [0.1, 0.15) is 25.3 Å². The van der Waals surface area contributed by atoms with Crippen molar-refractivity contribution in [2.24, 2.45) is 0 Å². The number of hydrogen-bond donors (Lipinski definition) is 0. The van der Waals surface area contributed by atoms with Crippen LogP contribution in [0.4, 0.5) is 5.69 Å². The molecule has 1 fully saturated rings. The second kappa shape index (κ2) is 6.79. The Kier molecular flexibility index (Phi) is 5.27. The smallest absolute Gasteiger partial charge is 0.148 e. The fourth-order valence-corrected chi connectivity index (χ4v) is 3.18. The zero-order valence-electron chi connectivity index (χ0n) is 13.2. The average Bonchev–Trinajstić information content (AvgIpc) is 2.45. The Labute approximate surface area is 128 Å². The monoisotopic (exact) mass is 310 g/mol. The highest BCUT2D eigenvalue weighted by atomic mass is 32.2. The van der Waals surface area contributed by atoms with Crippen LogP contribution in [0.2, 0.25) is 0 Å². The number of sulfone groups is 1. The molecule has 118 valence electrons. The summed E-state index contributed by atoms with van der Waals surface area (Å²) < 4.78 is 22.4. The van der Waals surface area contributed by atoms with Gasteiger partial charge >= 0.3 is 0 Å². The first-order chi connectivity index (χ1) is 9.85. The van der Waals surface area contributed by atoms with Gasteiger partial charge in [0.2, 0.25) is 0 Å². The lowest BCUT2D eigenvalue weighted by atomic mass is 10.0. The third-order valence-corrected chi connectivity index (χ3v) is 5.00. The van der Waals surface area contributed by atoms with Crippen molar-refractivity contribution < 1.29 is 8.42 Å². The molecular formula is C16H26N2O2S. The molecule has 0 spiro atoms. The Bertz CT molecular complexity index is 544. The van der Waals surface area contributed by atoms with E-state index in [4.69, 9.17) is 0 Å². The SMILES string of the molecule is CC(C)c1ccc(N2CCN(CCS(C)(=O)=O)CC2)cc1. The minimum Gasteiger partial charge on any atom is -0.369 e. The van der Waals surface area contributed by atoms with E-state index in [-0.39, 0.29) is 5.75 Å². The highest BCUT2D eigenvalue weighted by Gasteiger charge is 2.18. The second-order valence-corrected chi connectivity index (χ2v) is 8.46.